The minimum absolute atomic E-state index is 0.378. The van der Waals surface area contributed by atoms with E-state index in [4.69, 9.17) is 0 Å². The summed E-state index contributed by atoms with van der Waals surface area (Å²) in [5.74, 6) is 1.29. The quantitative estimate of drug-likeness (QED) is 0.935. The predicted octanol–water partition coefficient (Wildman–Crippen LogP) is 2.20. The molecule has 0 aliphatic heterocycles. The lowest BCUT2D eigenvalue weighted by Gasteiger charge is -2.08. The van der Waals surface area contributed by atoms with Gasteiger partial charge in [0.05, 0.1) is 0 Å². The fourth-order valence-corrected chi connectivity index (χ4v) is 2.04. The van der Waals surface area contributed by atoms with Crippen molar-refractivity contribution < 1.29 is 0 Å². The summed E-state index contributed by atoms with van der Waals surface area (Å²) in [6, 6.07) is 3.94. The van der Waals surface area contributed by atoms with Crippen LogP contribution in [0.2, 0.25) is 0 Å². The van der Waals surface area contributed by atoms with Gasteiger partial charge in [-0.2, -0.15) is 5.10 Å². The van der Waals surface area contributed by atoms with E-state index in [0.717, 1.165) is 28.9 Å². The second kappa shape index (κ2) is 4.93. The van der Waals surface area contributed by atoms with Gasteiger partial charge in [0.2, 0.25) is 0 Å². The molecule has 0 radical (unpaired) electrons. The SMILES string of the molecule is CCC(CNC)c1nc2ccc(Br)cn2n1. The van der Waals surface area contributed by atoms with Crippen LogP contribution in [0.3, 0.4) is 0 Å². The second-order valence-electron chi connectivity index (χ2n) is 3.78. The summed E-state index contributed by atoms with van der Waals surface area (Å²) in [5, 5.41) is 7.67. The van der Waals surface area contributed by atoms with Gasteiger partial charge in [-0.05, 0) is 41.5 Å². The van der Waals surface area contributed by atoms with Crippen molar-refractivity contribution in [3.05, 3.63) is 28.6 Å². The van der Waals surface area contributed by atoms with E-state index in [2.05, 4.69) is 38.3 Å². The van der Waals surface area contributed by atoms with E-state index in [1.807, 2.05) is 29.9 Å². The molecule has 2 rings (SSSR count). The van der Waals surface area contributed by atoms with Crippen LogP contribution in [0.25, 0.3) is 5.65 Å². The number of pyridine rings is 1. The first-order chi connectivity index (χ1) is 7.74. The largest absolute Gasteiger partial charge is 0.319 e. The Morgan fingerprint density at radius 2 is 2.31 bits per heavy atom. The molecule has 0 spiro atoms. The lowest BCUT2D eigenvalue weighted by atomic mass is 10.1. The molecular weight excluding hydrogens is 268 g/mol. The number of halogens is 1. The van der Waals surface area contributed by atoms with Crippen LogP contribution in [0.1, 0.15) is 25.1 Å². The van der Waals surface area contributed by atoms with Crippen molar-refractivity contribution in [2.45, 2.75) is 19.3 Å². The lowest BCUT2D eigenvalue weighted by molar-refractivity contribution is 0.580. The van der Waals surface area contributed by atoms with Crippen LogP contribution >= 0.6 is 15.9 Å². The monoisotopic (exact) mass is 282 g/mol. The fourth-order valence-electron chi connectivity index (χ4n) is 1.71. The van der Waals surface area contributed by atoms with Crippen LogP contribution < -0.4 is 5.32 Å². The molecule has 0 aliphatic rings. The smallest absolute Gasteiger partial charge is 0.156 e. The van der Waals surface area contributed by atoms with Crippen molar-refractivity contribution in [3.8, 4) is 0 Å². The molecule has 0 amide bonds. The maximum absolute atomic E-state index is 4.53. The number of rotatable bonds is 4. The number of nitrogens with zero attached hydrogens (tertiary/aromatic N) is 3. The Morgan fingerprint density at radius 1 is 1.50 bits per heavy atom. The van der Waals surface area contributed by atoms with Crippen LogP contribution in [-0.4, -0.2) is 28.2 Å². The molecule has 0 saturated heterocycles. The molecule has 0 bridgehead atoms. The standard InChI is InChI=1S/C11H15BrN4/c1-3-8(6-13-2)11-14-10-5-4-9(12)7-16(10)15-11/h4-5,7-8,13H,3,6H2,1-2H3. The number of hydrogen-bond acceptors (Lipinski definition) is 3. The fraction of sp³-hybridized carbons (Fsp3) is 0.455. The normalized spacial score (nSPS) is 13.2. The van der Waals surface area contributed by atoms with Gasteiger partial charge in [-0.1, -0.05) is 6.92 Å². The highest BCUT2D eigenvalue weighted by atomic mass is 79.9. The minimum atomic E-state index is 0.378. The molecule has 0 aliphatic carbocycles. The Bertz CT molecular complexity index is 480. The first-order valence-electron chi connectivity index (χ1n) is 5.41. The third-order valence-corrected chi connectivity index (χ3v) is 3.09. The highest BCUT2D eigenvalue weighted by molar-refractivity contribution is 9.10. The van der Waals surface area contributed by atoms with Crippen LogP contribution in [0.5, 0.6) is 0 Å². The number of fused-ring (bicyclic) bond motifs is 1. The van der Waals surface area contributed by atoms with Gasteiger partial charge in [0.1, 0.15) is 0 Å². The molecular formula is C11H15BrN4. The summed E-state index contributed by atoms with van der Waals surface area (Å²) in [7, 11) is 1.95. The molecule has 2 aromatic heterocycles. The zero-order valence-electron chi connectivity index (χ0n) is 9.44. The van der Waals surface area contributed by atoms with Gasteiger partial charge in [0.25, 0.3) is 0 Å². The van der Waals surface area contributed by atoms with Crippen LogP contribution in [0.4, 0.5) is 0 Å². The molecule has 86 valence electrons. The molecule has 1 N–H and O–H groups in total. The maximum atomic E-state index is 4.53. The Hall–Kier alpha value is -0.940. The maximum Gasteiger partial charge on any atom is 0.156 e. The van der Waals surface area contributed by atoms with Crippen LogP contribution in [0.15, 0.2) is 22.8 Å². The van der Waals surface area contributed by atoms with E-state index >= 15 is 0 Å². The second-order valence-corrected chi connectivity index (χ2v) is 4.70. The highest BCUT2D eigenvalue weighted by Crippen LogP contribution is 2.17. The molecule has 4 nitrogen and oxygen atoms in total. The summed E-state index contributed by atoms with van der Waals surface area (Å²) >= 11 is 3.43. The lowest BCUT2D eigenvalue weighted by Crippen LogP contribution is -2.17. The van der Waals surface area contributed by atoms with Gasteiger partial charge >= 0.3 is 0 Å². The molecule has 0 saturated carbocycles. The Kier molecular flexibility index (Phi) is 3.56. The van der Waals surface area contributed by atoms with Gasteiger partial charge in [-0.25, -0.2) is 9.50 Å². The first kappa shape index (κ1) is 11.5. The number of aromatic nitrogens is 3. The van der Waals surface area contributed by atoms with Crippen molar-refractivity contribution in [2.24, 2.45) is 0 Å². The zero-order valence-corrected chi connectivity index (χ0v) is 11.0. The predicted molar refractivity (Wildman–Crippen MR) is 67.6 cm³/mol. The highest BCUT2D eigenvalue weighted by Gasteiger charge is 2.14. The number of hydrogen-bond donors (Lipinski definition) is 1. The molecule has 1 atom stereocenters. The molecule has 0 aromatic carbocycles. The van der Waals surface area contributed by atoms with Gasteiger partial charge in [0, 0.05) is 23.1 Å². The average Bonchev–Trinajstić information content (AvgIpc) is 2.68. The van der Waals surface area contributed by atoms with Crippen molar-refractivity contribution in [1.82, 2.24) is 19.9 Å². The van der Waals surface area contributed by atoms with Crippen molar-refractivity contribution in [3.63, 3.8) is 0 Å². The molecule has 16 heavy (non-hydrogen) atoms. The Morgan fingerprint density at radius 3 is 3.00 bits per heavy atom. The van der Waals surface area contributed by atoms with Gasteiger partial charge < -0.3 is 5.32 Å². The summed E-state index contributed by atoms with van der Waals surface area (Å²) < 4.78 is 2.83. The van der Waals surface area contributed by atoms with Gasteiger partial charge in [0.15, 0.2) is 11.5 Å². The zero-order chi connectivity index (χ0) is 11.5. The number of likely N-dealkylation sites (N-methyl/N-ethyl adjacent to an activating group) is 1. The van der Waals surface area contributed by atoms with Crippen LogP contribution in [0, 0.1) is 0 Å². The van der Waals surface area contributed by atoms with E-state index < -0.39 is 0 Å². The van der Waals surface area contributed by atoms with E-state index in [1.165, 1.54) is 0 Å². The molecule has 2 heterocycles. The third kappa shape index (κ3) is 2.25. The minimum Gasteiger partial charge on any atom is -0.319 e. The van der Waals surface area contributed by atoms with Gasteiger partial charge in [-0.3, -0.25) is 0 Å². The van der Waals surface area contributed by atoms with E-state index in [-0.39, 0.29) is 0 Å². The van der Waals surface area contributed by atoms with Crippen molar-refractivity contribution in [1.29, 1.82) is 0 Å². The summed E-state index contributed by atoms with van der Waals surface area (Å²) in [4.78, 5) is 4.53. The molecule has 1 unspecified atom stereocenters. The first-order valence-corrected chi connectivity index (χ1v) is 6.20. The summed E-state index contributed by atoms with van der Waals surface area (Å²) in [6.07, 6.45) is 2.97. The molecule has 2 aromatic rings. The third-order valence-electron chi connectivity index (χ3n) is 2.62. The van der Waals surface area contributed by atoms with Gasteiger partial charge in [-0.15, -0.1) is 0 Å². The van der Waals surface area contributed by atoms with Crippen molar-refractivity contribution in [2.75, 3.05) is 13.6 Å². The summed E-state index contributed by atoms with van der Waals surface area (Å²) in [5.41, 5.74) is 0.896. The Labute approximate surface area is 103 Å². The molecule has 5 heteroatoms. The van der Waals surface area contributed by atoms with E-state index in [9.17, 15) is 0 Å². The summed E-state index contributed by atoms with van der Waals surface area (Å²) in [6.45, 7) is 3.07. The van der Waals surface area contributed by atoms with E-state index in [0.29, 0.717) is 5.92 Å². The molecule has 0 fully saturated rings. The van der Waals surface area contributed by atoms with Crippen LogP contribution in [-0.2, 0) is 0 Å². The van der Waals surface area contributed by atoms with Crippen molar-refractivity contribution >= 4 is 21.6 Å². The topological polar surface area (TPSA) is 42.2 Å². The Balaban J connectivity index is 2.37. The average molecular weight is 283 g/mol. The van der Waals surface area contributed by atoms with E-state index in [1.54, 1.807) is 0 Å². The number of nitrogens with one attached hydrogen (secondary N) is 1.